The zero-order valence-electron chi connectivity index (χ0n) is 7.17. The Morgan fingerprint density at radius 2 is 1.27 bits per heavy atom. The van der Waals surface area contributed by atoms with Crippen LogP contribution in [-0.4, -0.2) is 0 Å². The molecule has 3 nitrogen and oxygen atoms in total. The van der Waals surface area contributed by atoms with E-state index >= 15 is 0 Å². The van der Waals surface area contributed by atoms with Gasteiger partial charge >= 0.3 is 0 Å². The van der Waals surface area contributed by atoms with Gasteiger partial charge in [0.25, 0.3) is 0 Å². The molecule has 7 N–H and O–H groups in total. The lowest BCUT2D eigenvalue weighted by Crippen LogP contribution is -1.91. The summed E-state index contributed by atoms with van der Waals surface area (Å²) in [4.78, 5) is 0. The summed E-state index contributed by atoms with van der Waals surface area (Å²) in [6.07, 6.45) is 0. The maximum Gasteiger partial charge on any atom is 0.0547 e. The first-order chi connectivity index (χ1) is 4.80. The van der Waals surface area contributed by atoms with Gasteiger partial charge in [-0.15, -0.1) is 0 Å². The van der Waals surface area contributed by atoms with Crippen molar-refractivity contribution in [3.8, 4) is 0 Å². The number of nitrogen functional groups attached to an aromatic ring is 2. The van der Waals surface area contributed by atoms with E-state index in [2.05, 4.69) is 0 Å². The Morgan fingerprint density at radius 1 is 1.00 bits per heavy atom. The van der Waals surface area contributed by atoms with E-state index in [0.29, 0.717) is 11.4 Å². The van der Waals surface area contributed by atoms with E-state index in [4.69, 9.17) is 11.5 Å². The molecule has 0 aliphatic heterocycles. The van der Waals surface area contributed by atoms with Crippen LogP contribution in [0.2, 0.25) is 0 Å². The van der Waals surface area contributed by atoms with E-state index in [1.165, 1.54) is 0 Å². The van der Waals surface area contributed by atoms with Gasteiger partial charge in [0, 0.05) is 1.43 Å². The first kappa shape index (κ1) is 12.5. The van der Waals surface area contributed by atoms with Crippen LogP contribution in [-0.2, 0) is 0 Å². The Hall–Kier alpha value is -1.22. The molecule has 0 aliphatic carbocycles. The van der Waals surface area contributed by atoms with Crippen molar-refractivity contribution in [2.75, 3.05) is 11.5 Å². The summed E-state index contributed by atoms with van der Waals surface area (Å²) in [5.74, 6) is 0. The highest BCUT2D eigenvalue weighted by molar-refractivity contribution is 5.62. The number of rotatable bonds is 0. The summed E-state index contributed by atoms with van der Waals surface area (Å²) in [6, 6.07) is 7.25. The second kappa shape index (κ2) is 6.89. The SMILES string of the molecule is CC.N.Nc1ccccc1N.[HH]. The van der Waals surface area contributed by atoms with Gasteiger partial charge in [0.15, 0.2) is 0 Å². The fourth-order valence-electron chi connectivity index (χ4n) is 0.511. The third-order valence-electron chi connectivity index (χ3n) is 0.996. The van der Waals surface area contributed by atoms with Crippen molar-refractivity contribution in [1.29, 1.82) is 0 Å². The molecule has 0 atom stereocenters. The van der Waals surface area contributed by atoms with Crippen LogP contribution in [0.3, 0.4) is 0 Å². The predicted molar refractivity (Wildman–Crippen MR) is 53.8 cm³/mol. The van der Waals surface area contributed by atoms with Gasteiger partial charge in [0.05, 0.1) is 11.4 Å². The Labute approximate surface area is 69.5 Å². The van der Waals surface area contributed by atoms with Crippen molar-refractivity contribution in [1.82, 2.24) is 6.15 Å². The zero-order valence-corrected chi connectivity index (χ0v) is 7.17. The van der Waals surface area contributed by atoms with E-state index in [9.17, 15) is 0 Å². The molecule has 0 saturated heterocycles. The average molecular weight is 157 g/mol. The Morgan fingerprint density at radius 3 is 1.45 bits per heavy atom. The van der Waals surface area contributed by atoms with Crippen LogP contribution < -0.4 is 17.6 Å². The van der Waals surface area contributed by atoms with Gasteiger partial charge in [-0.1, -0.05) is 26.0 Å². The molecule has 0 aromatic heterocycles. The maximum absolute atomic E-state index is 5.39. The second-order valence-corrected chi connectivity index (χ2v) is 1.63. The van der Waals surface area contributed by atoms with E-state index < -0.39 is 0 Å². The quantitative estimate of drug-likeness (QED) is 0.505. The predicted octanol–water partition coefficient (Wildman–Crippen LogP) is 2.29. The molecule has 0 aliphatic rings. The number of nitrogens with two attached hydrogens (primary N) is 2. The van der Waals surface area contributed by atoms with Gasteiger partial charge in [0.2, 0.25) is 0 Å². The van der Waals surface area contributed by atoms with Crippen molar-refractivity contribution >= 4 is 11.4 Å². The van der Waals surface area contributed by atoms with Crippen LogP contribution >= 0.6 is 0 Å². The molecule has 0 bridgehead atoms. The monoisotopic (exact) mass is 157 g/mol. The highest BCUT2D eigenvalue weighted by atomic mass is 14.7. The Balaban J connectivity index is -0.000000189. The van der Waals surface area contributed by atoms with E-state index in [-0.39, 0.29) is 7.58 Å². The summed E-state index contributed by atoms with van der Waals surface area (Å²) < 4.78 is 0. The molecule has 66 valence electrons. The molecule has 11 heavy (non-hydrogen) atoms. The first-order valence-corrected chi connectivity index (χ1v) is 3.40. The normalized spacial score (nSPS) is 7.09. The van der Waals surface area contributed by atoms with E-state index in [0.717, 1.165) is 0 Å². The van der Waals surface area contributed by atoms with Crippen LogP contribution in [0.5, 0.6) is 0 Å². The molecular weight excluding hydrogens is 138 g/mol. The fraction of sp³-hybridized carbons (Fsp3) is 0.250. The number of anilines is 2. The number of para-hydroxylation sites is 2. The molecule has 1 aromatic rings. The lowest BCUT2D eigenvalue weighted by Gasteiger charge is -1.94. The summed E-state index contributed by atoms with van der Waals surface area (Å²) in [6.45, 7) is 4.00. The lowest BCUT2D eigenvalue weighted by molar-refractivity contribution is 1.50. The van der Waals surface area contributed by atoms with Crippen LogP contribution in [0.15, 0.2) is 24.3 Å². The fourth-order valence-corrected chi connectivity index (χ4v) is 0.511. The molecular formula is C8H19N3. The van der Waals surface area contributed by atoms with Crippen molar-refractivity contribution < 1.29 is 1.43 Å². The molecule has 0 fully saturated rings. The number of hydrogen-bond acceptors (Lipinski definition) is 3. The van der Waals surface area contributed by atoms with Crippen molar-refractivity contribution in [3.63, 3.8) is 0 Å². The highest BCUT2D eigenvalue weighted by Crippen LogP contribution is 2.10. The van der Waals surface area contributed by atoms with E-state index in [1.54, 1.807) is 12.1 Å². The largest absolute Gasteiger partial charge is 0.397 e. The third-order valence-corrected chi connectivity index (χ3v) is 0.996. The Bertz CT molecular complexity index is 170. The van der Waals surface area contributed by atoms with Crippen LogP contribution in [0.1, 0.15) is 15.3 Å². The number of hydrogen-bond donors (Lipinski definition) is 3. The maximum atomic E-state index is 5.39. The summed E-state index contributed by atoms with van der Waals surface area (Å²) in [7, 11) is 0. The minimum absolute atomic E-state index is 0. The van der Waals surface area contributed by atoms with Crippen molar-refractivity contribution in [3.05, 3.63) is 24.3 Å². The van der Waals surface area contributed by atoms with Gasteiger partial charge in [-0.2, -0.15) is 0 Å². The van der Waals surface area contributed by atoms with Gasteiger partial charge in [-0.05, 0) is 12.1 Å². The van der Waals surface area contributed by atoms with E-state index in [1.807, 2.05) is 26.0 Å². The van der Waals surface area contributed by atoms with Crippen LogP contribution in [0.4, 0.5) is 11.4 Å². The van der Waals surface area contributed by atoms with Crippen molar-refractivity contribution in [2.45, 2.75) is 13.8 Å². The minimum atomic E-state index is 0. The summed E-state index contributed by atoms with van der Waals surface area (Å²) >= 11 is 0. The standard InChI is InChI=1S/C6H8N2.C2H6.H3N.H2/c7-5-3-1-2-4-6(5)8;1-2;;/h1-4H,7-8H2;1-2H3;1H3;1H. The molecule has 0 radical (unpaired) electrons. The minimum Gasteiger partial charge on any atom is -0.397 e. The zero-order chi connectivity index (χ0) is 7.98. The summed E-state index contributed by atoms with van der Waals surface area (Å²) in [5, 5.41) is 0. The lowest BCUT2D eigenvalue weighted by atomic mass is 10.3. The first-order valence-electron chi connectivity index (χ1n) is 3.40. The Kier molecular flexibility index (Phi) is 7.81. The van der Waals surface area contributed by atoms with Gasteiger partial charge in [-0.3, -0.25) is 0 Å². The average Bonchev–Trinajstić information content (AvgIpc) is 2.00. The smallest absolute Gasteiger partial charge is 0.0547 e. The van der Waals surface area contributed by atoms with Crippen molar-refractivity contribution in [2.24, 2.45) is 0 Å². The van der Waals surface area contributed by atoms with Gasteiger partial charge in [-0.25, -0.2) is 0 Å². The van der Waals surface area contributed by atoms with Crippen LogP contribution in [0, 0.1) is 0 Å². The summed E-state index contributed by atoms with van der Waals surface area (Å²) in [5.41, 5.74) is 12.1. The van der Waals surface area contributed by atoms with Gasteiger partial charge in [0.1, 0.15) is 0 Å². The number of benzene rings is 1. The molecule has 0 amide bonds. The van der Waals surface area contributed by atoms with Crippen LogP contribution in [0.25, 0.3) is 0 Å². The molecule has 0 heterocycles. The van der Waals surface area contributed by atoms with Gasteiger partial charge < -0.3 is 17.6 Å². The highest BCUT2D eigenvalue weighted by Gasteiger charge is 1.85. The third kappa shape index (κ3) is 4.22. The molecule has 1 aromatic carbocycles. The molecule has 1 rings (SSSR count). The second-order valence-electron chi connectivity index (χ2n) is 1.63. The molecule has 0 saturated carbocycles. The topological polar surface area (TPSA) is 87.0 Å². The molecule has 0 spiro atoms. The molecule has 3 heteroatoms. The molecule has 0 unspecified atom stereocenters.